The summed E-state index contributed by atoms with van der Waals surface area (Å²) in [6.45, 7) is 0. The van der Waals surface area contributed by atoms with Crippen molar-refractivity contribution in [2.45, 2.75) is 11.3 Å². The quantitative estimate of drug-likeness (QED) is 0.629. The lowest BCUT2D eigenvalue weighted by Crippen LogP contribution is -2.15. The Morgan fingerprint density at radius 3 is 2.64 bits per heavy atom. The molecule has 1 heterocycles. The molecule has 0 aliphatic rings. The van der Waals surface area contributed by atoms with E-state index in [1.165, 1.54) is 16.8 Å². The number of nitrogens with zero attached hydrogens (tertiary/aromatic N) is 4. The number of methoxy groups -OCH3 is 1. The van der Waals surface area contributed by atoms with Crippen molar-refractivity contribution >= 4 is 23.4 Å². The van der Waals surface area contributed by atoms with Gasteiger partial charge in [0.2, 0.25) is 11.1 Å². The number of hydrogen-bond acceptors (Lipinski definition) is 6. The Morgan fingerprint density at radius 2 is 1.96 bits per heavy atom. The first kappa shape index (κ1) is 19.7. The molecule has 0 saturated carbocycles. The Kier molecular flexibility index (Phi) is 5.83. The Bertz CT molecular complexity index is 960. The molecule has 0 unspecified atom stereocenters. The number of rotatable bonds is 6. The summed E-state index contributed by atoms with van der Waals surface area (Å²) in [5.41, 5.74) is -0.0943. The summed E-state index contributed by atoms with van der Waals surface area (Å²) in [6, 6.07) is 11.4. The number of aromatic nitrogens is 4. The molecule has 11 heteroatoms. The van der Waals surface area contributed by atoms with E-state index in [0.29, 0.717) is 16.6 Å². The molecule has 28 heavy (non-hydrogen) atoms. The van der Waals surface area contributed by atoms with E-state index >= 15 is 0 Å². The number of tetrazole rings is 1. The lowest BCUT2D eigenvalue weighted by molar-refractivity contribution is -0.137. The number of carbonyl (C=O) groups is 1. The number of carbonyl (C=O) groups excluding carboxylic acids is 1. The predicted octanol–water partition coefficient (Wildman–Crippen LogP) is 3.42. The molecule has 3 aromatic rings. The highest BCUT2D eigenvalue weighted by molar-refractivity contribution is 7.99. The van der Waals surface area contributed by atoms with Gasteiger partial charge in [0.05, 0.1) is 24.1 Å². The number of ether oxygens (including phenoxy) is 1. The first-order valence-electron chi connectivity index (χ1n) is 7.89. The van der Waals surface area contributed by atoms with Crippen LogP contribution >= 0.6 is 11.8 Å². The molecule has 0 spiro atoms. The third-order valence-electron chi connectivity index (χ3n) is 3.56. The zero-order chi connectivity index (χ0) is 20.1. The van der Waals surface area contributed by atoms with Crippen molar-refractivity contribution < 1.29 is 22.7 Å². The number of halogens is 3. The van der Waals surface area contributed by atoms with E-state index in [9.17, 15) is 18.0 Å². The van der Waals surface area contributed by atoms with E-state index in [1.807, 2.05) is 0 Å². The van der Waals surface area contributed by atoms with E-state index in [1.54, 1.807) is 31.4 Å². The molecule has 0 saturated heterocycles. The van der Waals surface area contributed by atoms with E-state index < -0.39 is 17.6 Å². The van der Waals surface area contributed by atoms with Crippen molar-refractivity contribution in [3.05, 3.63) is 54.1 Å². The van der Waals surface area contributed by atoms with E-state index in [2.05, 4.69) is 20.8 Å². The van der Waals surface area contributed by atoms with Gasteiger partial charge in [0.1, 0.15) is 5.75 Å². The van der Waals surface area contributed by atoms with Crippen LogP contribution in [0.1, 0.15) is 5.56 Å². The van der Waals surface area contributed by atoms with Gasteiger partial charge in [-0.2, -0.15) is 17.9 Å². The zero-order valence-corrected chi connectivity index (χ0v) is 15.3. The third kappa shape index (κ3) is 4.80. The van der Waals surface area contributed by atoms with Crippen LogP contribution in [0.4, 0.5) is 18.9 Å². The summed E-state index contributed by atoms with van der Waals surface area (Å²) < 4.78 is 44.8. The smallest absolute Gasteiger partial charge is 0.416 e. The van der Waals surface area contributed by atoms with Crippen molar-refractivity contribution in [3.63, 3.8) is 0 Å². The highest BCUT2D eigenvalue weighted by Crippen LogP contribution is 2.30. The summed E-state index contributed by atoms with van der Waals surface area (Å²) in [7, 11) is 1.55. The first-order chi connectivity index (χ1) is 13.4. The number of benzene rings is 2. The molecule has 0 atom stereocenters. The topological polar surface area (TPSA) is 81.9 Å². The van der Waals surface area contributed by atoms with Gasteiger partial charge in [-0.15, -0.1) is 5.10 Å². The number of alkyl halides is 3. The maximum Gasteiger partial charge on any atom is 0.416 e. The maximum atomic E-state index is 12.7. The first-order valence-corrected chi connectivity index (χ1v) is 8.88. The highest BCUT2D eigenvalue weighted by Gasteiger charge is 2.30. The SMILES string of the molecule is COc1ccc(-n2nnnc2SCC(=O)Nc2cccc(C(F)(F)F)c2)cc1. The summed E-state index contributed by atoms with van der Waals surface area (Å²) in [6.07, 6.45) is -4.48. The van der Waals surface area contributed by atoms with Crippen molar-refractivity contribution in [1.82, 2.24) is 20.2 Å². The molecule has 1 aromatic heterocycles. The van der Waals surface area contributed by atoms with Crippen LogP contribution in [0.5, 0.6) is 5.75 Å². The van der Waals surface area contributed by atoms with Crippen molar-refractivity contribution in [2.24, 2.45) is 0 Å². The van der Waals surface area contributed by atoms with Gasteiger partial charge in [0, 0.05) is 5.69 Å². The van der Waals surface area contributed by atoms with Gasteiger partial charge < -0.3 is 10.1 Å². The minimum absolute atomic E-state index is 0.0650. The third-order valence-corrected chi connectivity index (χ3v) is 4.48. The molecule has 2 aromatic carbocycles. The van der Waals surface area contributed by atoms with Crippen LogP contribution in [0.3, 0.4) is 0 Å². The van der Waals surface area contributed by atoms with Gasteiger partial charge >= 0.3 is 6.18 Å². The Morgan fingerprint density at radius 1 is 1.21 bits per heavy atom. The van der Waals surface area contributed by atoms with Gasteiger partial charge in [0.15, 0.2) is 0 Å². The van der Waals surface area contributed by atoms with Gasteiger partial charge in [-0.25, -0.2) is 0 Å². The van der Waals surface area contributed by atoms with E-state index in [0.717, 1.165) is 23.9 Å². The average molecular weight is 409 g/mol. The van der Waals surface area contributed by atoms with Crippen LogP contribution in [-0.2, 0) is 11.0 Å². The number of hydrogen-bond donors (Lipinski definition) is 1. The van der Waals surface area contributed by atoms with Crippen LogP contribution < -0.4 is 10.1 Å². The largest absolute Gasteiger partial charge is 0.497 e. The number of thioether (sulfide) groups is 1. The molecule has 7 nitrogen and oxygen atoms in total. The van der Waals surface area contributed by atoms with E-state index in [-0.39, 0.29) is 11.4 Å². The second-order valence-corrected chi connectivity index (χ2v) is 6.43. The summed E-state index contributed by atoms with van der Waals surface area (Å²) >= 11 is 1.06. The number of nitrogens with one attached hydrogen (secondary N) is 1. The fourth-order valence-electron chi connectivity index (χ4n) is 2.25. The molecular formula is C17H14F3N5O2S. The van der Waals surface area contributed by atoms with Gasteiger partial charge in [-0.05, 0) is 52.9 Å². The maximum absolute atomic E-state index is 12.7. The second-order valence-electron chi connectivity index (χ2n) is 5.49. The number of anilines is 1. The van der Waals surface area contributed by atoms with Crippen LogP contribution in [0, 0.1) is 0 Å². The lowest BCUT2D eigenvalue weighted by Gasteiger charge is -2.10. The van der Waals surface area contributed by atoms with Gasteiger partial charge in [-0.1, -0.05) is 17.8 Å². The standard InChI is InChI=1S/C17H14F3N5O2S/c1-27-14-7-5-13(6-8-14)25-16(22-23-24-25)28-10-15(26)21-12-4-2-3-11(9-12)17(18,19)20/h2-9H,10H2,1H3,(H,21,26). The van der Waals surface area contributed by atoms with Crippen molar-refractivity contribution in [1.29, 1.82) is 0 Å². The van der Waals surface area contributed by atoms with Crippen LogP contribution in [0.15, 0.2) is 53.7 Å². The molecule has 1 amide bonds. The fraction of sp³-hybridized carbons (Fsp3) is 0.176. The molecule has 0 bridgehead atoms. The zero-order valence-electron chi connectivity index (χ0n) is 14.5. The fourth-order valence-corrected chi connectivity index (χ4v) is 2.95. The molecule has 1 N–H and O–H groups in total. The van der Waals surface area contributed by atoms with Gasteiger partial charge in [-0.3, -0.25) is 4.79 Å². The highest BCUT2D eigenvalue weighted by atomic mass is 32.2. The Labute approximate surface area is 161 Å². The Balaban J connectivity index is 1.63. The molecule has 146 valence electrons. The average Bonchev–Trinajstić information content (AvgIpc) is 3.14. The monoisotopic (exact) mass is 409 g/mol. The molecular weight excluding hydrogens is 395 g/mol. The van der Waals surface area contributed by atoms with Crippen LogP contribution in [0.2, 0.25) is 0 Å². The summed E-state index contributed by atoms with van der Waals surface area (Å²) in [5.74, 6) is 0.118. The second kappa shape index (κ2) is 8.30. The van der Waals surface area contributed by atoms with Gasteiger partial charge in [0.25, 0.3) is 0 Å². The van der Waals surface area contributed by atoms with Crippen molar-refractivity contribution in [2.75, 3.05) is 18.2 Å². The lowest BCUT2D eigenvalue weighted by atomic mass is 10.2. The molecule has 0 aliphatic heterocycles. The molecule has 0 radical (unpaired) electrons. The minimum atomic E-state index is -4.48. The van der Waals surface area contributed by atoms with E-state index in [4.69, 9.17) is 4.74 Å². The van der Waals surface area contributed by atoms with Crippen LogP contribution in [-0.4, -0.2) is 39.0 Å². The Hall–Kier alpha value is -3.08. The summed E-state index contributed by atoms with van der Waals surface area (Å²) in [4.78, 5) is 12.1. The predicted molar refractivity (Wildman–Crippen MR) is 96.5 cm³/mol. The summed E-state index contributed by atoms with van der Waals surface area (Å²) in [5, 5.41) is 14.1. The number of amides is 1. The molecule has 0 aliphatic carbocycles. The normalized spacial score (nSPS) is 11.3. The van der Waals surface area contributed by atoms with Crippen LogP contribution in [0.25, 0.3) is 5.69 Å². The molecule has 3 rings (SSSR count). The van der Waals surface area contributed by atoms with Crippen molar-refractivity contribution in [3.8, 4) is 11.4 Å². The molecule has 0 fully saturated rings. The minimum Gasteiger partial charge on any atom is -0.497 e.